The Bertz CT molecular complexity index is 612. The summed E-state index contributed by atoms with van der Waals surface area (Å²) in [6, 6.07) is 0. The Kier molecular flexibility index (Phi) is 3.88. The van der Waals surface area contributed by atoms with E-state index in [4.69, 9.17) is 10.3 Å². The number of hydrogen-bond donors (Lipinski definition) is 1. The summed E-state index contributed by atoms with van der Waals surface area (Å²) in [4.78, 5) is 4.51. The van der Waals surface area contributed by atoms with Crippen LogP contribution in [-0.2, 0) is 12.6 Å². The maximum absolute atomic E-state index is 6.35. The number of rotatable bonds is 2. The van der Waals surface area contributed by atoms with Gasteiger partial charge in [-0.15, -0.1) is 12.4 Å². The molecule has 2 aromatic rings. The van der Waals surface area contributed by atoms with E-state index in [1.165, 1.54) is 0 Å². The molecule has 0 bridgehead atoms. The number of aromatic nitrogens is 4. The van der Waals surface area contributed by atoms with Crippen LogP contribution in [0.4, 0.5) is 0 Å². The van der Waals surface area contributed by atoms with Gasteiger partial charge in [-0.1, -0.05) is 18.0 Å². The number of aryl methyl sites for hydroxylation is 2. The topological polar surface area (TPSA) is 82.8 Å². The molecule has 7 heteroatoms. The number of nitrogens with two attached hydrogens (primary N) is 1. The van der Waals surface area contributed by atoms with Crippen LogP contribution in [0.2, 0.25) is 0 Å². The van der Waals surface area contributed by atoms with Crippen LogP contribution in [0.25, 0.3) is 11.5 Å². The van der Waals surface area contributed by atoms with Crippen LogP contribution in [0, 0.1) is 13.8 Å². The van der Waals surface area contributed by atoms with Crippen molar-refractivity contribution in [1.29, 1.82) is 0 Å². The molecule has 1 aliphatic rings. The first kappa shape index (κ1) is 15.0. The zero-order chi connectivity index (χ0) is 13.6. The molecule has 0 atom stereocenters. The number of hydrogen-bond acceptors (Lipinski definition) is 5. The minimum absolute atomic E-state index is 0. The van der Waals surface area contributed by atoms with Crippen molar-refractivity contribution in [2.24, 2.45) is 12.8 Å². The Balaban J connectivity index is 0.00000147. The van der Waals surface area contributed by atoms with Gasteiger partial charge in [0.05, 0.1) is 16.8 Å². The first-order valence-electron chi connectivity index (χ1n) is 6.65. The van der Waals surface area contributed by atoms with E-state index in [9.17, 15) is 0 Å². The molecule has 110 valence electrons. The van der Waals surface area contributed by atoms with Crippen LogP contribution in [-0.4, -0.2) is 19.9 Å². The minimum Gasteiger partial charge on any atom is -0.334 e. The highest BCUT2D eigenvalue weighted by Gasteiger charge is 2.36. The Morgan fingerprint density at radius 1 is 1.25 bits per heavy atom. The summed E-state index contributed by atoms with van der Waals surface area (Å²) >= 11 is 0. The van der Waals surface area contributed by atoms with Crippen LogP contribution >= 0.6 is 12.4 Å². The van der Waals surface area contributed by atoms with Gasteiger partial charge < -0.3 is 10.3 Å². The highest BCUT2D eigenvalue weighted by Crippen LogP contribution is 2.36. The molecule has 0 radical (unpaired) electrons. The second-order valence-corrected chi connectivity index (χ2v) is 5.46. The molecular formula is C13H20ClN5O. The average Bonchev–Trinajstić information content (AvgIpc) is 3.03. The molecule has 0 saturated heterocycles. The lowest BCUT2D eigenvalue weighted by Gasteiger charge is -2.17. The van der Waals surface area contributed by atoms with Crippen molar-refractivity contribution < 1.29 is 4.52 Å². The summed E-state index contributed by atoms with van der Waals surface area (Å²) in [5, 5.41) is 8.46. The Morgan fingerprint density at radius 3 is 2.45 bits per heavy atom. The van der Waals surface area contributed by atoms with E-state index < -0.39 is 5.54 Å². The smallest absolute Gasteiger partial charge is 0.261 e. The molecule has 0 spiro atoms. The van der Waals surface area contributed by atoms with Crippen molar-refractivity contribution in [3.63, 3.8) is 0 Å². The fourth-order valence-electron chi connectivity index (χ4n) is 2.84. The lowest BCUT2D eigenvalue weighted by Crippen LogP contribution is -2.34. The normalized spacial score (nSPS) is 17.2. The summed E-state index contributed by atoms with van der Waals surface area (Å²) < 4.78 is 7.23. The van der Waals surface area contributed by atoms with E-state index in [0.717, 1.165) is 42.6 Å². The van der Waals surface area contributed by atoms with Crippen molar-refractivity contribution >= 4 is 12.4 Å². The van der Waals surface area contributed by atoms with Gasteiger partial charge >= 0.3 is 0 Å². The van der Waals surface area contributed by atoms with Gasteiger partial charge in [0.15, 0.2) is 5.82 Å². The monoisotopic (exact) mass is 297 g/mol. The molecule has 6 nitrogen and oxygen atoms in total. The summed E-state index contributed by atoms with van der Waals surface area (Å²) in [6.45, 7) is 3.94. The first-order valence-corrected chi connectivity index (χ1v) is 6.65. The van der Waals surface area contributed by atoms with Gasteiger partial charge in [0.2, 0.25) is 0 Å². The second-order valence-electron chi connectivity index (χ2n) is 5.46. The van der Waals surface area contributed by atoms with Gasteiger partial charge in [-0.3, -0.25) is 4.68 Å². The van der Waals surface area contributed by atoms with E-state index in [2.05, 4.69) is 15.2 Å². The third kappa shape index (κ3) is 2.23. The lowest BCUT2D eigenvalue weighted by molar-refractivity contribution is 0.372. The van der Waals surface area contributed by atoms with Gasteiger partial charge in [0, 0.05) is 12.7 Å². The van der Waals surface area contributed by atoms with Gasteiger partial charge in [0.25, 0.3) is 5.89 Å². The molecule has 20 heavy (non-hydrogen) atoms. The standard InChI is InChI=1S/C13H19N5O.ClH/c1-8-10(9(2)18(3)16-8)11-15-12(17-19-11)13(14)6-4-5-7-13;/h4-7,14H2,1-3H3;1H. The Morgan fingerprint density at radius 2 is 1.90 bits per heavy atom. The van der Waals surface area contributed by atoms with Crippen LogP contribution in [0.1, 0.15) is 42.9 Å². The second kappa shape index (κ2) is 5.18. The molecular weight excluding hydrogens is 278 g/mol. The quantitative estimate of drug-likeness (QED) is 0.919. The molecule has 1 aliphatic carbocycles. The summed E-state index contributed by atoms with van der Waals surface area (Å²) in [6.07, 6.45) is 4.12. The SMILES string of the molecule is Cc1nn(C)c(C)c1-c1nc(C2(N)CCCC2)no1.Cl. The van der Waals surface area contributed by atoms with Crippen LogP contribution < -0.4 is 5.73 Å². The van der Waals surface area contributed by atoms with E-state index >= 15 is 0 Å². The summed E-state index contributed by atoms with van der Waals surface area (Å²) in [5.41, 5.74) is 8.77. The fourth-order valence-corrected chi connectivity index (χ4v) is 2.84. The lowest BCUT2D eigenvalue weighted by atomic mass is 9.98. The number of halogens is 1. The highest BCUT2D eigenvalue weighted by atomic mass is 35.5. The summed E-state index contributed by atoms with van der Waals surface area (Å²) in [5.74, 6) is 1.15. The molecule has 1 fully saturated rings. The largest absolute Gasteiger partial charge is 0.334 e. The predicted molar refractivity (Wildman–Crippen MR) is 77.6 cm³/mol. The molecule has 0 unspecified atom stereocenters. The van der Waals surface area contributed by atoms with Crippen molar-refractivity contribution in [2.45, 2.75) is 45.1 Å². The van der Waals surface area contributed by atoms with E-state index in [1.54, 1.807) is 0 Å². The molecule has 0 aromatic carbocycles. The van der Waals surface area contributed by atoms with Gasteiger partial charge in [0.1, 0.15) is 0 Å². The van der Waals surface area contributed by atoms with Crippen molar-refractivity contribution in [1.82, 2.24) is 19.9 Å². The van der Waals surface area contributed by atoms with E-state index in [-0.39, 0.29) is 12.4 Å². The molecule has 0 aliphatic heterocycles. The van der Waals surface area contributed by atoms with Crippen molar-refractivity contribution in [3.8, 4) is 11.5 Å². The zero-order valence-electron chi connectivity index (χ0n) is 12.0. The van der Waals surface area contributed by atoms with Crippen LogP contribution in [0.3, 0.4) is 0 Å². The molecule has 0 amide bonds. The zero-order valence-corrected chi connectivity index (χ0v) is 12.8. The first-order chi connectivity index (χ1) is 9.01. The summed E-state index contributed by atoms with van der Waals surface area (Å²) in [7, 11) is 1.91. The Labute approximate surface area is 124 Å². The molecule has 2 N–H and O–H groups in total. The maximum atomic E-state index is 6.35. The molecule has 2 aromatic heterocycles. The van der Waals surface area contributed by atoms with E-state index in [0.29, 0.717) is 11.7 Å². The van der Waals surface area contributed by atoms with Gasteiger partial charge in [-0.05, 0) is 26.7 Å². The third-order valence-corrected chi connectivity index (χ3v) is 4.09. The van der Waals surface area contributed by atoms with Crippen molar-refractivity contribution in [2.75, 3.05) is 0 Å². The van der Waals surface area contributed by atoms with Gasteiger partial charge in [-0.2, -0.15) is 10.1 Å². The average molecular weight is 298 g/mol. The highest BCUT2D eigenvalue weighted by molar-refractivity contribution is 5.85. The number of nitrogens with zero attached hydrogens (tertiary/aromatic N) is 4. The predicted octanol–water partition coefficient (Wildman–Crippen LogP) is 2.24. The minimum atomic E-state index is -0.411. The van der Waals surface area contributed by atoms with Crippen LogP contribution in [0.15, 0.2) is 4.52 Å². The van der Waals surface area contributed by atoms with Crippen molar-refractivity contribution in [3.05, 3.63) is 17.2 Å². The molecule has 3 rings (SSSR count). The third-order valence-electron chi connectivity index (χ3n) is 4.09. The Hall–Kier alpha value is -1.40. The van der Waals surface area contributed by atoms with Crippen LogP contribution in [0.5, 0.6) is 0 Å². The molecule has 1 saturated carbocycles. The molecule has 2 heterocycles. The maximum Gasteiger partial charge on any atom is 0.261 e. The van der Waals surface area contributed by atoms with Gasteiger partial charge in [-0.25, -0.2) is 0 Å². The van der Waals surface area contributed by atoms with E-state index in [1.807, 2.05) is 25.6 Å². The fraction of sp³-hybridized carbons (Fsp3) is 0.615.